The molecule has 1 aliphatic rings. The van der Waals surface area contributed by atoms with Gasteiger partial charge in [-0.05, 0) is 43.5 Å². The van der Waals surface area contributed by atoms with E-state index in [0.717, 1.165) is 36.0 Å². The first-order valence-electron chi connectivity index (χ1n) is 7.07. The summed E-state index contributed by atoms with van der Waals surface area (Å²) in [6, 6.07) is 7.76. The van der Waals surface area contributed by atoms with Crippen molar-refractivity contribution in [2.24, 2.45) is 5.92 Å². The first-order chi connectivity index (χ1) is 9.81. The van der Waals surface area contributed by atoms with Gasteiger partial charge < -0.3 is 9.84 Å². The second-order valence-corrected chi connectivity index (χ2v) is 5.68. The van der Waals surface area contributed by atoms with Crippen LogP contribution in [-0.4, -0.2) is 23.2 Å². The van der Waals surface area contributed by atoms with E-state index in [4.69, 9.17) is 16.1 Å². The molecule has 0 aliphatic carbocycles. The molecule has 3 rings (SSSR count). The highest BCUT2D eigenvalue weighted by Crippen LogP contribution is 2.20. The lowest BCUT2D eigenvalue weighted by Gasteiger charge is -2.20. The Morgan fingerprint density at radius 2 is 2.00 bits per heavy atom. The fraction of sp³-hybridized carbons (Fsp3) is 0.467. The second kappa shape index (κ2) is 7.78. The Bertz CT molecular complexity index is 568. The molecule has 0 radical (unpaired) electrons. The number of hydrogen-bond donors (Lipinski definition) is 1. The van der Waals surface area contributed by atoms with Gasteiger partial charge in [-0.3, -0.25) is 0 Å². The fourth-order valence-electron chi connectivity index (χ4n) is 2.59. The Morgan fingerprint density at radius 3 is 2.76 bits per heavy atom. The minimum absolute atomic E-state index is 0. The van der Waals surface area contributed by atoms with E-state index in [1.54, 1.807) is 0 Å². The number of benzene rings is 1. The number of rotatable bonds is 4. The SMILES string of the molecule is Cl.Clc1ccccc1Cc1noc(CC2CCNCC2)n1. The summed E-state index contributed by atoms with van der Waals surface area (Å²) in [7, 11) is 0. The molecule has 1 N–H and O–H groups in total. The van der Waals surface area contributed by atoms with Gasteiger partial charge in [0.1, 0.15) is 0 Å². The van der Waals surface area contributed by atoms with Crippen LogP contribution in [0.2, 0.25) is 5.02 Å². The van der Waals surface area contributed by atoms with Crippen LogP contribution in [0.1, 0.15) is 30.1 Å². The number of nitrogens with zero attached hydrogens (tertiary/aromatic N) is 2. The van der Waals surface area contributed by atoms with Crippen LogP contribution in [0.3, 0.4) is 0 Å². The highest BCUT2D eigenvalue weighted by molar-refractivity contribution is 6.31. The second-order valence-electron chi connectivity index (χ2n) is 5.27. The molecule has 21 heavy (non-hydrogen) atoms. The number of piperidine rings is 1. The smallest absolute Gasteiger partial charge is 0.226 e. The third-order valence-corrected chi connectivity index (χ3v) is 4.11. The summed E-state index contributed by atoms with van der Waals surface area (Å²) in [5, 5.41) is 8.17. The van der Waals surface area contributed by atoms with Crippen LogP contribution in [-0.2, 0) is 12.8 Å². The molecule has 1 aliphatic heterocycles. The zero-order valence-electron chi connectivity index (χ0n) is 11.7. The van der Waals surface area contributed by atoms with Gasteiger partial charge >= 0.3 is 0 Å². The lowest BCUT2D eigenvalue weighted by Crippen LogP contribution is -2.28. The standard InChI is InChI=1S/C15H18ClN3O.ClH/c16-13-4-2-1-3-12(13)10-14-18-15(20-19-14)9-11-5-7-17-8-6-11;/h1-4,11,17H,5-10H2;1H. The zero-order chi connectivity index (χ0) is 13.8. The normalized spacial score (nSPS) is 15.7. The third-order valence-electron chi connectivity index (χ3n) is 3.74. The van der Waals surface area contributed by atoms with Crippen molar-refractivity contribution in [3.63, 3.8) is 0 Å². The van der Waals surface area contributed by atoms with Crippen LogP contribution in [0.5, 0.6) is 0 Å². The monoisotopic (exact) mass is 327 g/mol. The summed E-state index contributed by atoms with van der Waals surface area (Å²) >= 11 is 6.14. The number of nitrogens with one attached hydrogen (secondary N) is 1. The van der Waals surface area contributed by atoms with Crippen molar-refractivity contribution >= 4 is 24.0 Å². The first-order valence-corrected chi connectivity index (χ1v) is 7.44. The summed E-state index contributed by atoms with van der Waals surface area (Å²) in [5.74, 6) is 2.12. The van der Waals surface area contributed by atoms with Gasteiger partial charge in [0.15, 0.2) is 5.82 Å². The van der Waals surface area contributed by atoms with E-state index in [0.29, 0.717) is 18.2 Å². The zero-order valence-corrected chi connectivity index (χ0v) is 13.3. The van der Waals surface area contributed by atoms with Gasteiger partial charge in [-0.15, -0.1) is 12.4 Å². The Kier molecular flexibility index (Phi) is 6.03. The quantitative estimate of drug-likeness (QED) is 0.936. The number of aromatic nitrogens is 2. The molecule has 1 aromatic heterocycles. The van der Waals surface area contributed by atoms with Crippen molar-refractivity contribution < 1.29 is 4.52 Å². The Morgan fingerprint density at radius 1 is 1.24 bits per heavy atom. The average Bonchev–Trinajstić information content (AvgIpc) is 2.90. The van der Waals surface area contributed by atoms with Crippen LogP contribution in [0.4, 0.5) is 0 Å². The molecule has 0 spiro atoms. The van der Waals surface area contributed by atoms with Crippen LogP contribution >= 0.6 is 24.0 Å². The van der Waals surface area contributed by atoms with Crippen molar-refractivity contribution in [2.45, 2.75) is 25.7 Å². The predicted octanol–water partition coefficient (Wildman–Crippen LogP) is 3.28. The fourth-order valence-corrected chi connectivity index (χ4v) is 2.79. The maximum absolute atomic E-state index is 6.14. The summed E-state index contributed by atoms with van der Waals surface area (Å²) in [6.07, 6.45) is 3.87. The molecule has 6 heteroatoms. The summed E-state index contributed by atoms with van der Waals surface area (Å²) in [5.41, 5.74) is 1.03. The lowest BCUT2D eigenvalue weighted by atomic mass is 9.95. The molecule has 0 atom stereocenters. The van der Waals surface area contributed by atoms with Gasteiger partial charge in [-0.25, -0.2) is 0 Å². The first kappa shape index (κ1) is 16.3. The average molecular weight is 328 g/mol. The van der Waals surface area contributed by atoms with E-state index >= 15 is 0 Å². The molecule has 2 aromatic rings. The van der Waals surface area contributed by atoms with Crippen molar-refractivity contribution in [1.82, 2.24) is 15.5 Å². The van der Waals surface area contributed by atoms with Crippen molar-refractivity contribution in [1.29, 1.82) is 0 Å². The van der Waals surface area contributed by atoms with Crippen LogP contribution < -0.4 is 5.32 Å². The van der Waals surface area contributed by atoms with Gasteiger partial charge in [0.2, 0.25) is 5.89 Å². The van der Waals surface area contributed by atoms with E-state index in [-0.39, 0.29) is 12.4 Å². The number of halogens is 2. The summed E-state index contributed by atoms with van der Waals surface area (Å²) in [6.45, 7) is 2.18. The van der Waals surface area contributed by atoms with E-state index in [1.165, 1.54) is 12.8 Å². The molecular formula is C15H19Cl2N3O. The highest BCUT2D eigenvalue weighted by atomic mass is 35.5. The Hall–Kier alpha value is -1.10. The van der Waals surface area contributed by atoms with Crippen LogP contribution in [0.15, 0.2) is 28.8 Å². The van der Waals surface area contributed by atoms with Crippen molar-refractivity contribution in [2.75, 3.05) is 13.1 Å². The van der Waals surface area contributed by atoms with Crippen LogP contribution in [0.25, 0.3) is 0 Å². The summed E-state index contributed by atoms with van der Waals surface area (Å²) < 4.78 is 5.35. The molecular weight excluding hydrogens is 309 g/mol. The lowest BCUT2D eigenvalue weighted by molar-refractivity contribution is 0.312. The van der Waals surface area contributed by atoms with Gasteiger partial charge in [0.05, 0.1) is 0 Å². The Labute approximate surface area is 135 Å². The molecule has 0 unspecified atom stereocenters. The minimum Gasteiger partial charge on any atom is -0.339 e. The Balaban J connectivity index is 0.00000161. The largest absolute Gasteiger partial charge is 0.339 e. The van der Waals surface area contributed by atoms with Gasteiger partial charge in [-0.1, -0.05) is 35.0 Å². The number of hydrogen-bond acceptors (Lipinski definition) is 4. The molecule has 2 heterocycles. The maximum Gasteiger partial charge on any atom is 0.226 e. The molecule has 1 saturated heterocycles. The molecule has 0 bridgehead atoms. The van der Waals surface area contributed by atoms with Crippen LogP contribution in [0, 0.1) is 5.92 Å². The van der Waals surface area contributed by atoms with Crippen molar-refractivity contribution in [3.8, 4) is 0 Å². The van der Waals surface area contributed by atoms with Crippen molar-refractivity contribution in [3.05, 3.63) is 46.6 Å². The molecule has 0 saturated carbocycles. The predicted molar refractivity (Wildman–Crippen MR) is 85.1 cm³/mol. The highest BCUT2D eigenvalue weighted by Gasteiger charge is 2.17. The van der Waals surface area contributed by atoms with E-state index in [9.17, 15) is 0 Å². The van der Waals surface area contributed by atoms with E-state index in [2.05, 4.69) is 15.5 Å². The van der Waals surface area contributed by atoms with E-state index < -0.39 is 0 Å². The topological polar surface area (TPSA) is 51.0 Å². The van der Waals surface area contributed by atoms with Gasteiger partial charge in [-0.2, -0.15) is 4.98 Å². The summed E-state index contributed by atoms with van der Waals surface area (Å²) in [4.78, 5) is 4.48. The molecule has 4 nitrogen and oxygen atoms in total. The molecule has 1 aromatic carbocycles. The maximum atomic E-state index is 6.14. The van der Waals surface area contributed by atoms with E-state index in [1.807, 2.05) is 24.3 Å². The molecule has 1 fully saturated rings. The van der Waals surface area contributed by atoms with Gasteiger partial charge in [0, 0.05) is 17.9 Å². The minimum atomic E-state index is 0. The molecule has 114 valence electrons. The molecule has 0 amide bonds. The van der Waals surface area contributed by atoms with Gasteiger partial charge in [0.25, 0.3) is 0 Å². The third kappa shape index (κ3) is 4.43.